The Bertz CT molecular complexity index is 563. The van der Waals surface area contributed by atoms with Crippen molar-refractivity contribution in [3.63, 3.8) is 0 Å². The highest BCUT2D eigenvalue weighted by molar-refractivity contribution is 7.89. The molecule has 7 heteroatoms. The number of sulfonamides is 1. The summed E-state index contributed by atoms with van der Waals surface area (Å²) in [5.41, 5.74) is 0. The minimum absolute atomic E-state index is 0.0139. The van der Waals surface area contributed by atoms with Gasteiger partial charge in [0.05, 0.1) is 11.0 Å². The second kappa shape index (κ2) is 7.19. The van der Waals surface area contributed by atoms with Gasteiger partial charge in [0.1, 0.15) is 0 Å². The molecular weight excluding hydrogens is 308 g/mol. The molecule has 0 bridgehead atoms. The van der Waals surface area contributed by atoms with Gasteiger partial charge >= 0.3 is 0 Å². The first kappa shape index (κ1) is 16.9. The molecule has 5 nitrogen and oxygen atoms in total. The highest BCUT2D eigenvalue weighted by Crippen LogP contribution is 2.26. The molecule has 120 valence electrons. The zero-order valence-corrected chi connectivity index (χ0v) is 14.4. The van der Waals surface area contributed by atoms with E-state index in [1.807, 2.05) is 20.8 Å². The Morgan fingerprint density at radius 3 is 2.90 bits per heavy atom. The average molecular weight is 332 g/mol. The van der Waals surface area contributed by atoms with Crippen LogP contribution < -0.4 is 10.0 Å². The van der Waals surface area contributed by atoms with Crippen LogP contribution in [0, 0.1) is 6.92 Å². The maximum atomic E-state index is 12.5. The van der Waals surface area contributed by atoms with E-state index in [9.17, 15) is 8.42 Å². The molecule has 2 heterocycles. The SMILES string of the molecule is CCNCc1cc(S(=O)(=O)NC(C)C2CCCO2)c(C)s1. The highest BCUT2D eigenvalue weighted by Gasteiger charge is 2.28. The number of hydrogen-bond acceptors (Lipinski definition) is 5. The molecule has 1 saturated heterocycles. The van der Waals surface area contributed by atoms with Gasteiger partial charge in [-0.2, -0.15) is 0 Å². The Morgan fingerprint density at radius 1 is 1.52 bits per heavy atom. The highest BCUT2D eigenvalue weighted by atomic mass is 32.2. The number of aryl methyl sites for hydroxylation is 1. The van der Waals surface area contributed by atoms with E-state index < -0.39 is 10.0 Å². The van der Waals surface area contributed by atoms with Crippen LogP contribution in [0.25, 0.3) is 0 Å². The van der Waals surface area contributed by atoms with Crippen molar-refractivity contribution in [1.82, 2.24) is 10.0 Å². The predicted molar refractivity (Wildman–Crippen MR) is 85.2 cm³/mol. The van der Waals surface area contributed by atoms with Gasteiger partial charge in [-0.1, -0.05) is 6.92 Å². The quantitative estimate of drug-likeness (QED) is 0.801. The van der Waals surface area contributed by atoms with Gasteiger partial charge in [-0.05, 0) is 39.3 Å². The molecule has 2 rings (SSSR count). The van der Waals surface area contributed by atoms with Crippen molar-refractivity contribution in [2.75, 3.05) is 13.2 Å². The van der Waals surface area contributed by atoms with Gasteiger partial charge < -0.3 is 10.1 Å². The summed E-state index contributed by atoms with van der Waals surface area (Å²) in [4.78, 5) is 2.26. The second-order valence-electron chi connectivity index (χ2n) is 5.37. The molecular formula is C14H24N2O3S2. The first-order valence-electron chi connectivity index (χ1n) is 7.38. The van der Waals surface area contributed by atoms with E-state index in [0.717, 1.165) is 35.7 Å². The first-order chi connectivity index (χ1) is 9.94. The minimum atomic E-state index is -3.48. The molecule has 0 amide bonds. The smallest absolute Gasteiger partial charge is 0.242 e. The van der Waals surface area contributed by atoms with Crippen LogP contribution in [0.15, 0.2) is 11.0 Å². The molecule has 0 radical (unpaired) electrons. The number of hydrogen-bond donors (Lipinski definition) is 2. The van der Waals surface area contributed by atoms with Crippen molar-refractivity contribution < 1.29 is 13.2 Å². The zero-order valence-electron chi connectivity index (χ0n) is 12.8. The summed E-state index contributed by atoms with van der Waals surface area (Å²) in [6, 6.07) is 1.57. The molecule has 2 atom stereocenters. The largest absolute Gasteiger partial charge is 0.377 e. The van der Waals surface area contributed by atoms with E-state index in [4.69, 9.17) is 4.74 Å². The van der Waals surface area contributed by atoms with Gasteiger partial charge in [-0.3, -0.25) is 0 Å². The number of rotatable bonds is 7. The molecule has 1 aromatic rings. The third-order valence-corrected chi connectivity index (χ3v) is 6.49. The molecule has 1 aliphatic heterocycles. The van der Waals surface area contributed by atoms with Crippen LogP contribution in [-0.2, 0) is 21.3 Å². The molecule has 2 unspecified atom stereocenters. The molecule has 1 aromatic heterocycles. The van der Waals surface area contributed by atoms with Crippen LogP contribution in [-0.4, -0.2) is 33.7 Å². The Hall–Kier alpha value is -0.470. The van der Waals surface area contributed by atoms with Gasteiger partial charge in [0, 0.05) is 28.9 Å². The summed E-state index contributed by atoms with van der Waals surface area (Å²) in [6.45, 7) is 8.05. The lowest BCUT2D eigenvalue weighted by molar-refractivity contribution is 0.0902. The van der Waals surface area contributed by atoms with Crippen molar-refractivity contribution in [2.24, 2.45) is 0 Å². The lowest BCUT2D eigenvalue weighted by Gasteiger charge is -2.19. The zero-order chi connectivity index (χ0) is 15.5. The van der Waals surface area contributed by atoms with Crippen molar-refractivity contribution in [1.29, 1.82) is 0 Å². The fourth-order valence-corrected chi connectivity index (χ4v) is 5.38. The second-order valence-corrected chi connectivity index (χ2v) is 8.40. The van der Waals surface area contributed by atoms with Gasteiger partial charge in [-0.15, -0.1) is 11.3 Å². The van der Waals surface area contributed by atoms with Gasteiger partial charge in [0.25, 0.3) is 0 Å². The Kier molecular flexibility index (Phi) is 5.79. The van der Waals surface area contributed by atoms with Gasteiger partial charge in [-0.25, -0.2) is 13.1 Å². The van der Waals surface area contributed by atoms with Crippen LogP contribution in [0.2, 0.25) is 0 Å². The lowest BCUT2D eigenvalue weighted by Crippen LogP contribution is -2.40. The third-order valence-electron chi connectivity index (χ3n) is 3.63. The van der Waals surface area contributed by atoms with Crippen LogP contribution in [0.5, 0.6) is 0 Å². The summed E-state index contributed by atoms with van der Waals surface area (Å²) in [5.74, 6) is 0. The van der Waals surface area contributed by atoms with Crippen molar-refractivity contribution in [3.05, 3.63) is 15.8 Å². The molecule has 1 aliphatic rings. The Morgan fingerprint density at radius 2 is 2.29 bits per heavy atom. The molecule has 0 spiro atoms. The average Bonchev–Trinajstić information content (AvgIpc) is 3.05. The fraction of sp³-hybridized carbons (Fsp3) is 0.714. The Labute approximate surface area is 131 Å². The maximum Gasteiger partial charge on any atom is 0.242 e. The molecule has 2 N–H and O–H groups in total. The summed E-state index contributed by atoms with van der Waals surface area (Å²) < 4.78 is 33.4. The van der Waals surface area contributed by atoms with Crippen LogP contribution in [0.1, 0.15) is 36.4 Å². The minimum Gasteiger partial charge on any atom is -0.377 e. The number of nitrogens with one attached hydrogen (secondary N) is 2. The number of ether oxygens (including phenoxy) is 1. The van der Waals surface area contributed by atoms with Gasteiger partial charge in [0.15, 0.2) is 0 Å². The van der Waals surface area contributed by atoms with Gasteiger partial charge in [0.2, 0.25) is 10.0 Å². The van der Waals surface area contributed by atoms with E-state index in [0.29, 0.717) is 11.4 Å². The fourth-order valence-electron chi connectivity index (χ4n) is 2.51. The third kappa shape index (κ3) is 4.26. The summed E-state index contributed by atoms with van der Waals surface area (Å²) in [5, 5.41) is 3.22. The Balaban J connectivity index is 2.09. The van der Waals surface area contributed by atoms with Crippen LogP contribution in [0.3, 0.4) is 0 Å². The molecule has 1 fully saturated rings. The van der Waals surface area contributed by atoms with Crippen LogP contribution in [0.4, 0.5) is 0 Å². The van der Waals surface area contributed by atoms with E-state index in [1.54, 1.807) is 6.07 Å². The topological polar surface area (TPSA) is 67.4 Å². The summed E-state index contributed by atoms with van der Waals surface area (Å²) >= 11 is 1.53. The van der Waals surface area contributed by atoms with E-state index in [-0.39, 0.29) is 12.1 Å². The maximum absolute atomic E-state index is 12.5. The monoisotopic (exact) mass is 332 g/mol. The van der Waals surface area contributed by atoms with Crippen LogP contribution >= 0.6 is 11.3 Å². The first-order valence-corrected chi connectivity index (χ1v) is 9.68. The van der Waals surface area contributed by atoms with E-state index in [2.05, 4.69) is 10.0 Å². The molecule has 0 aromatic carbocycles. The van der Waals surface area contributed by atoms with E-state index >= 15 is 0 Å². The van der Waals surface area contributed by atoms with Crippen molar-refractivity contribution in [3.8, 4) is 0 Å². The lowest BCUT2D eigenvalue weighted by atomic mass is 10.1. The molecule has 0 saturated carbocycles. The number of thiophene rings is 1. The van der Waals surface area contributed by atoms with E-state index in [1.165, 1.54) is 11.3 Å². The van der Waals surface area contributed by atoms with Crippen molar-refractivity contribution in [2.45, 2.75) is 57.2 Å². The predicted octanol–water partition coefficient (Wildman–Crippen LogP) is 2.01. The normalized spacial score (nSPS) is 20.8. The molecule has 21 heavy (non-hydrogen) atoms. The molecule has 0 aliphatic carbocycles. The summed E-state index contributed by atoms with van der Waals surface area (Å²) in [6.07, 6.45) is 1.90. The summed E-state index contributed by atoms with van der Waals surface area (Å²) in [7, 11) is -3.48. The standard InChI is InChI=1S/C14H24N2O3S2/c1-4-15-9-12-8-14(11(3)20-12)21(17,18)16-10(2)13-6-5-7-19-13/h8,10,13,15-16H,4-7,9H2,1-3H3. The van der Waals surface area contributed by atoms with Crippen molar-refractivity contribution >= 4 is 21.4 Å².